The van der Waals surface area contributed by atoms with Gasteiger partial charge in [-0.1, -0.05) is 13.8 Å². The van der Waals surface area contributed by atoms with E-state index in [1.165, 1.54) is 16.8 Å². The van der Waals surface area contributed by atoms with E-state index in [0.29, 0.717) is 5.92 Å². The number of anilines is 1. The first kappa shape index (κ1) is 11.8. The Bertz CT molecular complexity index is 454. The smallest absolute Gasteiger partial charge is 0.143 e. The summed E-state index contributed by atoms with van der Waals surface area (Å²) in [6.07, 6.45) is 2.25. The number of fused-ring (bicyclic) bond motifs is 2. The van der Waals surface area contributed by atoms with Crippen molar-refractivity contribution in [3.8, 4) is 5.75 Å². The molecule has 0 saturated carbocycles. The molecule has 0 aromatic heterocycles. The van der Waals surface area contributed by atoms with Crippen molar-refractivity contribution in [2.24, 2.45) is 0 Å². The van der Waals surface area contributed by atoms with Crippen LogP contribution in [0.1, 0.15) is 36.5 Å². The van der Waals surface area contributed by atoms with Crippen molar-refractivity contribution in [2.45, 2.75) is 32.6 Å². The lowest BCUT2D eigenvalue weighted by Gasteiger charge is -2.27. The Morgan fingerprint density at radius 2 is 2.00 bits per heavy atom. The van der Waals surface area contributed by atoms with Crippen LogP contribution in [0.25, 0.3) is 0 Å². The van der Waals surface area contributed by atoms with E-state index < -0.39 is 0 Å². The van der Waals surface area contributed by atoms with Gasteiger partial charge in [0.1, 0.15) is 12.4 Å². The second-order valence-electron chi connectivity index (χ2n) is 5.48. The first-order chi connectivity index (χ1) is 8.77. The van der Waals surface area contributed by atoms with Crippen molar-refractivity contribution < 1.29 is 4.74 Å². The summed E-state index contributed by atoms with van der Waals surface area (Å²) in [5.41, 5.74) is 5.75. The van der Waals surface area contributed by atoms with E-state index in [1.54, 1.807) is 5.56 Å². The summed E-state index contributed by atoms with van der Waals surface area (Å²) in [5, 5.41) is 7.03. The average molecular weight is 246 g/mol. The maximum Gasteiger partial charge on any atom is 0.143 e. The highest BCUT2D eigenvalue weighted by atomic mass is 16.5. The lowest BCUT2D eigenvalue weighted by Crippen LogP contribution is -2.21. The van der Waals surface area contributed by atoms with Crippen LogP contribution in [0.2, 0.25) is 0 Å². The Kier molecular flexibility index (Phi) is 3.16. The lowest BCUT2D eigenvalue weighted by molar-refractivity contribution is 0.322. The van der Waals surface area contributed by atoms with Crippen LogP contribution in [0.4, 0.5) is 5.69 Å². The highest BCUT2D eigenvalue weighted by Gasteiger charge is 2.23. The zero-order valence-corrected chi connectivity index (χ0v) is 11.3. The van der Waals surface area contributed by atoms with Crippen LogP contribution in [0.5, 0.6) is 5.75 Å². The highest BCUT2D eigenvalue weighted by Crippen LogP contribution is 2.40. The van der Waals surface area contributed by atoms with Crippen LogP contribution in [0, 0.1) is 0 Å². The lowest BCUT2D eigenvalue weighted by atomic mass is 9.88. The summed E-state index contributed by atoms with van der Waals surface area (Å²) in [6.45, 7) is 8.43. The van der Waals surface area contributed by atoms with Crippen LogP contribution in [0.15, 0.2) is 6.07 Å². The molecule has 3 heteroatoms. The van der Waals surface area contributed by atoms with Gasteiger partial charge in [0.15, 0.2) is 0 Å². The molecule has 2 heterocycles. The van der Waals surface area contributed by atoms with Crippen LogP contribution < -0.4 is 15.4 Å². The van der Waals surface area contributed by atoms with Crippen molar-refractivity contribution in [1.82, 2.24) is 5.32 Å². The first-order valence-electron chi connectivity index (χ1n) is 7.03. The number of nitrogens with one attached hydrogen (secondary N) is 2. The fraction of sp³-hybridized carbons (Fsp3) is 0.600. The third kappa shape index (κ3) is 1.97. The molecule has 0 saturated heterocycles. The van der Waals surface area contributed by atoms with Crippen molar-refractivity contribution in [3.05, 3.63) is 22.8 Å². The third-order valence-electron chi connectivity index (χ3n) is 3.90. The van der Waals surface area contributed by atoms with Gasteiger partial charge in [0, 0.05) is 6.54 Å². The van der Waals surface area contributed by atoms with Gasteiger partial charge in [-0.15, -0.1) is 0 Å². The fourth-order valence-electron chi connectivity index (χ4n) is 3.12. The number of hydrogen-bond acceptors (Lipinski definition) is 3. The Hall–Kier alpha value is -1.22. The maximum atomic E-state index is 5.84. The number of rotatable bonds is 1. The molecule has 0 spiro atoms. The van der Waals surface area contributed by atoms with E-state index >= 15 is 0 Å². The molecule has 0 radical (unpaired) electrons. The SMILES string of the molecule is CC(C)c1c2c(cc3c1NCCO3)CCNCC2. The van der Waals surface area contributed by atoms with Gasteiger partial charge in [0.05, 0.1) is 5.69 Å². The summed E-state index contributed by atoms with van der Waals surface area (Å²) in [4.78, 5) is 0. The average Bonchev–Trinajstić information content (AvgIpc) is 2.60. The molecule has 1 aromatic carbocycles. The largest absolute Gasteiger partial charge is 0.490 e. The van der Waals surface area contributed by atoms with E-state index in [4.69, 9.17) is 4.74 Å². The van der Waals surface area contributed by atoms with Gasteiger partial charge in [-0.05, 0) is 54.6 Å². The molecule has 18 heavy (non-hydrogen) atoms. The van der Waals surface area contributed by atoms with Gasteiger partial charge in [0.2, 0.25) is 0 Å². The molecule has 2 aliphatic heterocycles. The molecule has 0 atom stereocenters. The Balaban J connectivity index is 2.17. The van der Waals surface area contributed by atoms with Gasteiger partial charge in [-0.25, -0.2) is 0 Å². The Morgan fingerprint density at radius 1 is 1.17 bits per heavy atom. The monoisotopic (exact) mass is 246 g/mol. The second kappa shape index (κ2) is 4.81. The maximum absolute atomic E-state index is 5.84. The Labute approximate surface area is 109 Å². The molecule has 1 aromatic rings. The summed E-state index contributed by atoms with van der Waals surface area (Å²) < 4.78 is 5.84. The molecule has 0 bridgehead atoms. The molecule has 0 aliphatic carbocycles. The minimum absolute atomic E-state index is 0.543. The molecule has 0 fully saturated rings. The summed E-state index contributed by atoms with van der Waals surface area (Å²) in [5.74, 6) is 1.60. The number of hydrogen-bond donors (Lipinski definition) is 2. The molecule has 2 N–H and O–H groups in total. The van der Waals surface area contributed by atoms with Gasteiger partial charge < -0.3 is 15.4 Å². The summed E-state index contributed by atoms with van der Waals surface area (Å²) >= 11 is 0. The number of benzene rings is 1. The second-order valence-corrected chi connectivity index (χ2v) is 5.48. The minimum atomic E-state index is 0.543. The molecule has 0 unspecified atom stereocenters. The van der Waals surface area contributed by atoms with E-state index in [2.05, 4.69) is 30.5 Å². The zero-order valence-electron chi connectivity index (χ0n) is 11.3. The normalized spacial score (nSPS) is 18.4. The predicted molar refractivity (Wildman–Crippen MR) is 74.8 cm³/mol. The van der Waals surface area contributed by atoms with Gasteiger partial charge in [0.25, 0.3) is 0 Å². The third-order valence-corrected chi connectivity index (χ3v) is 3.90. The van der Waals surface area contributed by atoms with E-state index in [0.717, 1.165) is 44.8 Å². The molecular weight excluding hydrogens is 224 g/mol. The van der Waals surface area contributed by atoms with Crippen molar-refractivity contribution in [3.63, 3.8) is 0 Å². The summed E-state index contributed by atoms with van der Waals surface area (Å²) in [7, 11) is 0. The van der Waals surface area contributed by atoms with Crippen molar-refractivity contribution in [1.29, 1.82) is 0 Å². The number of ether oxygens (including phenoxy) is 1. The molecule has 2 aliphatic rings. The minimum Gasteiger partial charge on any atom is -0.490 e. The van der Waals surface area contributed by atoms with Crippen LogP contribution >= 0.6 is 0 Å². The highest BCUT2D eigenvalue weighted by molar-refractivity contribution is 5.68. The fourth-order valence-corrected chi connectivity index (χ4v) is 3.12. The van der Waals surface area contributed by atoms with Crippen LogP contribution in [0.3, 0.4) is 0 Å². The molecule has 0 amide bonds. The molecular formula is C15H22N2O. The van der Waals surface area contributed by atoms with E-state index in [1.807, 2.05) is 0 Å². The molecule has 3 nitrogen and oxygen atoms in total. The van der Waals surface area contributed by atoms with E-state index in [-0.39, 0.29) is 0 Å². The zero-order chi connectivity index (χ0) is 12.5. The molecule has 98 valence electrons. The van der Waals surface area contributed by atoms with Crippen molar-refractivity contribution in [2.75, 3.05) is 31.6 Å². The van der Waals surface area contributed by atoms with Crippen LogP contribution in [-0.4, -0.2) is 26.2 Å². The standard InChI is InChI=1S/C15H22N2O/c1-10(2)14-12-4-6-16-5-3-11(12)9-13-15(14)17-7-8-18-13/h9-10,16-17H,3-8H2,1-2H3. The van der Waals surface area contributed by atoms with E-state index in [9.17, 15) is 0 Å². The topological polar surface area (TPSA) is 33.3 Å². The first-order valence-corrected chi connectivity index (χ1v) is 7.03. The van der Waals surface area contributed by atoms with Crippen molar-refractivity contribution >= 4 is 5.69 Å². The predicted octanol–water partition coefficient (Wildman–Crippen LogP) is 2.30. The molecule has 3 rings (SSSR count). The van der Waals surface area contributed by atoms with Crippen LogP contribution in [-0.2, 0) is 12.8 Å². The quantitative estimate of drug-likeness (QED) is 0.797. The summed E-state index contributed by atoms with van der Waals surface area (Å²) in [6, 6.07) is 2.26. The van der Waals surface area contributed by atoms with Gasteiger partial charge in [-0.3, -0.25) is 0 Å². The van der Waals surface area contributed by atoms with Gasteiger partial charge >= 0.3 is 0 Å². The Morgan fingerprint density at radius 3 is 2.83 bits per heavy atom. The van der Waals surface area contributed by atoms with Gasteiger partial charge in [-0.2, -0.15) is 0 Å².